The third-order valence-corrected chi connectivity index (χ3v) is 8.03. The average molecular weight is 612 g/mol. The molecule has 8 nitrogen and oxygen atoms in total. The lowest BCUT2D eigenvalue weighted by molar-refractivity contribution is -0.114. The van der Waals surface area contributed by atoms with Gasteiger partial charge in [0.15, 0.2) is 5.78 Å². The first-order valence-corrected chi connectivity index (χ1v) is 15.1. The maximum absolute atomic E-state index is 11.7. The molecule has 0 saturated heterocycles. The lowest BCUT2D eigenvalue weighted by Gasteiger charge is -2.08. The zero-order chi connectivity index (χ0) is 33.0. The second kappa shape index (κ2) is 13.4. The number of rotatable bonds is 9. The standard InChI is InChI=1S/C21H20N2O2.C17H17N3O/c1-3-15-12-19-17(8-9-18(21(22)25)20(19)23-15)14-7-5-6-13(10-14)11-16(24)4-2;1-2-12-9-15-13(10-4-3-5-11(18)8-10)6-7-14(17(19)21)16(15)20-12/h4-10,12,23H,2-3,11H2,1H3,(H2,22,25);3-9,20H,2,18H2,1H3,(H2,19,21). The van der Waals surface area contributed by atoms with Crippen LogP contribution in [0.4, 0.5) is 5.69 Å². The van der Waals surface area contributed by atoms with Crippen molar-refractivity contribution in [3.05, 3.63) is 126 Å². The van der Waals surface area contributed by atoms with Crippen molar-refractivity contribution in [2.24, 2.45) is 11.5 Å². The van der Waals surface area contributed by atoms with Gasteiger partial charge in [-0.3, -0.25) is 14.4 Å². The monoisotopic (exact) mass is 611 g/mol. The van der Waals surface area contributed by atoms with Crippen molar-refractivity contribution in [1.29, 1.82) is 0 Å². The second-order valence-corrected chi connectivity index (χ2v) is 11.1. The number of anilines is 1. The number of allylic oxidation sites excluding steroid dienone is 1. The number of primary amides is 2. The number of amides is 2. The molecule has 0 aliphatic rings. The molecular formula is C38H37N5O3. The summed E-state index contributed by atoms with van der Waals surface area (Å²) < 4.78 is 0. The summed E-state index contributed by atoms with van der Waals surface area (Å²) in [5, 5.41) is 1.95. The molecule has 4 aromatic carbocycles. The van der Waals surface area contributed by atoms with Crippen LogP contribution in [0.25, 0.3) is 44.1 Å². The minimum atomic E-state index is -0.452. The number of nitrogens with two attached hydrogens (primary N) is 3. The highest BCUT2D eigenvalue weighted by Crippen LogP contribution is 2.33. The van der Waals surface area contributed by atoms with E-state index in [0.29, 0.717) is 23.2 Å². The molecule has 0 aliphatic carbocycles. The number of aryl methyl sites for hydroxylation is 2. The summed E-state index contributed by atoms with van der Waals surface area (Å²) in [4.78, 5) is 41.5. The van der Waals surface area contributed by atoms with Crippen LogP contribution in [-0.4, -0.2) is 27.6 Å². The number of carbonyl (C=O) groups excluding carboxylic acids is 3. The molecule has 0 unspecified atom stereocenters. The predicted octanol–water partition coefficient (Wildman–Crippen LogP) is 6.87. The summed E-state index contributed by atoms with van der Waals surface area (Å²) in [6.45, 7) is 7.63. The molecule has 2 heterocycles. The van der Waals surface area contributed by atoms with Crippen LogP contribution < -0.4 is 17.2 Å². The van der Waals surface area contributed by atoms with Crippen LogP contribution in [0.1, 0.15) is 51.5 Å². The van der Waals surface area contributed by atoms with Gasteiger partial charge in [0.1, 0.15) is 0 Å². The van der Waals surface area contributed by atoms with Crippen LogP contribution in [0.3, 0.4) is 0 Å². The third-order valence-electron chi connectivity index (χ3n) is 8.03. The molecule has 6 aromatic rings. The molecule has 6 rings (SSSR count). The minimum absolute atomic E-state index is 0.0127. The number of nitrogen functional groups attached to an aromatic ring is 1. The normalized spacial score (nSPS) is 10.8. The van der Waals surface area contributed by atoms with Gasteiger partial charge in [0.2, 0.25) is 0 Å². The van der Waals surface area contributed by atoms with Crippen LogP contribution in [0, 0.1) is 0 Å². The van der Waals surface area contributed by atoms with Crippen molar-refractivity contribution >= 4 is 45.1 Å². The maximum atomic E-state index is 11.7. The number of aromatic nitrogens is 2. The molecule has 232 valence electrons. The average Bonchev–Trinajstić information content (AvgIpc) is 3.69. The number of H-pyrrole nitrogens is 2. The summed E-state index contributed by atoms with van der Waals surface area (Å²) in [6.07, 6.45) is 3.36. The Bertz CT molecular complexity index is 2120. The molecule has 2 amide bonds. The molecule has 0 atom stereocenters. The van der Waals surface area contributed by atoms with Crippen molar-refractivity contribution in [3.63, 3.8) is 0 Å². The molecule has 8 heteroatoms. The van der Waals surface area contributed by atoms with Crippen molar-refractivity contribution in [2.75, 3.05) is 5.73 Å². The van der Waals surface area contributed by atoms with Gasteiger partial charge in [-0.1, -0.05) is 69.0 Å². The summed E-state index contributed by atoms with van der Waals surface area (Å²) in [7, 11) is 0. The number of nitrogens with one attached hydrogen (secondary N) is 2. The van der Waals surface area contributed by atoms with E-state index in [1.807, 2.05) is 60.7 Å². The summed E-state index contributed by atoms with van der Waals surface area (Å²) >= 11 is 0. The number of fused-ring (bicyclic) bond motifs is 2. The van der Waals surface area contributed by atoms with Gasteiger partial charge in [-0.05, 0) is 83.1 Å². The van der Waals surface area contributed by atoms with Gasteiger partial charge in [-0.2, -0.15) is 0 Å². The van der Waals surface area contributed by atoms with E-state index in [1.165, 1.54) is 6.08 Å². The molecule has 0 aliphatic heterocycles. The maximum Gasteiger partial charge on any atom is 0.250 e. The fourth-order valence-corrected chi connectivity index (χ4v) is 5.67. The van der Waals surface area contributed by atoms with E-state index < -0.39 is 11.8 Å². The third kappa shape index (κ3) is 6.46. The number of aromatic amines is 2. The van der Waals surface area contributed by atoms with E-state index in [2.05, 4.69) is 42.5 Å². The lowest BCUT2D eigenvalue weighted by atomic mass is 9.96. The quantitative estimate of drug-likeness (QED) is 0.0891. The minimum Gasteiger partial charge on any atom is -0.399 e. The number of benzene rings is 4. The SMILES string of the molecule is C=CC(=O)Cc1cccc(-c2ccc(C(N)=O)c3[nH]c(CC)cc23)c1.CCc1cc2c(-c3cccc(N)c3)ccc(C(N)=O)c2[nH]1. The van der Waals surface area contributed by atoms with Gasteiger partial charge in [-0.15, -0.1) is 0 Å². The largest absolute Gasteiger partial charge is 0.399 e. The molecule has 0 radical (unpaired) electrons. The fraction of sp³-hybridized carbons (Fsp3) is 0.132. The van der Waals surface area contributed by atoms with E-state index in [0.717, 1.165) is 73.9 Å². The summed E-state index contributed by atoms with van der Waals surface area (Å²) in [5.74, 6) is -0.892. The molecule has 2 aromatic heterocycles. The lowest BCUT2D eigenvalue weighted by Crippen LogP contribution is -2.11. The topological polar surface area (TPSA) is 161 Å². The van der Waals surface area contributed by atoms with Crippen LogP contribution in [-0.2, 0) is 24.1 Å². The van der Waals surface area contributed by atoms with Crippen LogP contribution in [0.2, 0.25) is 0 Å². The van der Waals surface area contributed by atoms with Gasteiger partial charge in [0.25, 0.3) is 11.8 Å². The predicted molar refractivity (Wildman–Crippen MR) is 187 cm³/mol. The molecule has 0 fully saturated rings. The van der Waals surface area contributed by atoms with Crippen molar-refractivity contribution in [2.45, 2.75) is 33.1 Å². The van der Waals surface area contributed by atoms with Crippen LogP contribution in [0.15, 0.2) is 97.6 Å². The van der Waals surface area contributed by atoms with E-state index in [1.54, 1.807) is 12.1 Å². The van der Waals surface area contributed by atoms with Gasteiger partial charge >= 0.3 is 0 Å². The Hall–Kier alpha value is -5.89. The van der Waals surface area contributed by atoms with Crippen molar-refractivity contribution < 1.29 is 14.4 Å². The first-order chi connectivity index (χ1) is 22.1. The highest BCUT2D eigenvalue weighted by Gasteiger charge is 2.16. The van der Waals surface area contributed by atoms with E-state index in [4.69, 9.17) is 17.2 Å². The Balaban J connectivity index is 0.000000184. The fourth-order valence-electron chi connectivity index (χ4n) is 5.67. The van der Waals surface area contributed by atoms with E-state index in [-0.39, 0.29) is 5.78 Å². The van der Waals surface area contributed by atoms with Gasteiger partial charge in [0, 0.05) is 34.3 Å². The zero-order valence-electron chi connectivity index (χ0n) is 25.9. The highest BCUT2D eigenvalue weighted by atomic mass is 16.1. The van der Waals surface area contributed by atoms with Gasteiger partial charge < -0.3 is 27.2 Å². The number of hydrogen-bond donors (Lipinski definition) is 5. The van der Waals surface area contributed by atoms with Crippen molar-refractivity contribution in [3.8, 4) is 22.3 Å². The number of carbonyl (C=O) groups is 3. The Morgan fingerprint density at radius 3 is 1.65 bits per heavy atom. The zero-order valence-corrected chi connectivity index (χ0v) is 25.9. The Labute approximate surface area is 267 Å². The van der Waals surface area contributed by atoms with Crippen LogP contribution >= 0.6 is 0 Å². The first kappa shape index (κ1) is 31.5. The summed E-state index contributed by atoms with van der Waals surface area (Å²) in [5.41, 5.74) is 27.2. The molecule has 8 N–H and O–H groups in total. The smallest absolute Gasteiger partial charge is 0.250 e. The molecule has 0 saturated carbocycles. The second-order valence-electron chi connectivity index (χ2n) is 11.1. The number of hydrogen-bond acceptors (Lipinski definition) is 4. The van der Waals surface area contributed by atoms with Gasteiger partial charge in [0.05, 0.1) is 22.2 Å². The Morgan fingerprint density at radius 1 is 0.696 bits per heavy atom. The number of ketones is 1. The Kier molecular flexibility index (Phi) is 9.18. The molecule has 0 spiro atoms. The van der Waals surface area contributed by atoms with Gasteiger partial charge in [-0.25, -0.2) is 0 Å². The highest BCUT2D eigenvalue weighted by molar-refractivity contribution is 6.10. The Morgan fingerprint density at radius 2 is 1.20 bits per heavy atom. The molecule has 46 heavy (non-hydrogen) atoms. The van der Waals surface area contributed by atoms with Crippen LogP contribution in [0.5, 0.6) is 0 Å². The molecule has 0 bridgehead atoms. The van der Waals surface area contributed by atoms with E-state index >= 15 is 0 Å². The first-order valence-electron chi connectivity index (χ1n) is 15.1. The summed E-state index contributed by atoms with van der Waals surface area (Å²) in [6, 6.07) is 27.0. The van der Waals surface area contributed by atoms with E-state index in [9.17, 15) is 14.4 Å². The van der Waals surface area contributed by atoms with Crippen molar-refractivity contribution in [1.82, 2.24) is 9.97 Å². The molecular weight excluding hydrogens is 574 g/mol.